The number of carbonyl (C=O) groups excluding carboxylic acids is 1. The Hall–Kier alpha value is -3.77. The van der Waals surface area contributed by atoms with E-state index in [2.05, 4.69) is 20.9 Å². The molecule has 3 aromatic carbocycles. The Kier molecular flexibility index (Phi) is 9.16. The zero-order valence-electron chi connectivity index (χ0n) is 22.7. The van der Waals surface area contributed by atoms with Crippen LogP contribution in [0.3, 0.4) is 0 Å². The van der Waals surface area contributed by atoms with E-state index in [0.717, 1.165) is 16.9 Å². The van der Waals surface area contributed by atoms with Crippen LogP contribution >= 0.6 is 50.5 Å². The molecule has 5 rings (SSSR count). The summed E-state index contributed by atoms with van der Waals surface area (Å²) in [4.78, 5) is 43.3. The number of ether oxygens (including phenoxy) is 2. The molecule has 43 heavy (non-hydrogen) atoms. The molecule has 4 aromatic rings. The van der Waals surface area contributed by atoms with Crippen LogP contribution in [-0.4, -0.2) is 22.1 Å². The molecule has 1 aliphatic heterocycles. The van der Waals surface area contributed by atoms with Gasteiger partial charge in [0.15, 0.2) is 4.80 Å². The number of benzene rings is 3. The van der Waals surface area contributed by atoms with Gasteiger partial charge in [-0.25, -0.2) is 9.79 Å². The normalized spacial score (nSPS) is 14.7. The average Bonchev–Trinajstić information content (AvgIpc) is 3.26. The molecule has 1 aliphatic rings. The van der Waals surface area contributed by atoms with Gasteiger partial charge in [-0.15, -0.1) is 0 Å². The van der Waals surface area contributed by atoms with Crippen LogP contribution in [0.1, 0.15) is 36.6 Å². The molecule has 0 bridgehead atoms. The van der Waals surface area contributed by atoms with Crippen LogP contribution in [0.25, 0.3) is 6.08 Å². The van der Waals surface area contributed by atoms with Gasteiger partial charge in [-0.05, 0) is 76.8 Å². The number of thiazole rings is 1. The molecule has 2 heterocycles. The molecule has 0 saturated carbocycles. The van der Waals surface area contributed by atoms with Crippen molar-refractivity contribution >= 4 is 68.2 Å². The SMILES string of the molecule is CCOC(=O)C1=C(C)N=c2s/c(=C\c3cc(Br)c(OCc4ccc(Cl)cc4)c([N+](=O)[O-])c3)c(=O)n2[C@@H]1c1ccccc1Cl. The number of fused-ring (bicyclic) bond motifs is 1. The number of esters is 1. The standard InChI is InChI=1S/C30H22BrCl2N3O6S/c1-3-41-29(38)25-16(2)34-30-35(26(25)20-6-4-5-7-22(20)33)28(37)24(43-30)14-18-12-21(31)27(23(13-18)36(39)40)42-15-17-8-10-19(32)11-9-17/h4-14,26H,3,15H2,1-2H3/b24-14-/t26-/m1/s1. The molecule has 1 aromatic heterocycles. The number of allylic oxidation sites excluding steroid dienone is 1. The lowest BCUT2D eigenvalue weighted by atomic mass is 9.96. The van der Waals surface area contributed by atoms with Gasteiger partial charge in [-0.2, -0.15) is 0 Å². The van der Waals surface area contributed by atoms with E-state index in [1.54, 1.807) is 68.4 Å². The van der Waals surface area contributed by atoms with Gasteiger partial charge in [0, 0.05) is 16.1 Å². The molecule has 220 valence electrons. The van der Waals surface area contributed by atoms with Crippen molar-refractivity contribution in [3.63, 3.8) is 0 Å². The number of carbonyl (C=O) groups is 1. The maximum Gasteiger partial charge on any atom is 0.338 e. The van der Waals surface area contributed by atoms with Gasteiger partial charge >= 0.3 is 11.7 Å². The van der Waals surface area contributed by atoms with Crippen molar-refractivity contribution in [2.45, 2.75) is 26.5 Å². The second kappa shape index (κ2) is 12.8. The lowest BCUT2D eigenvalue weighted by Crippen LogP contribution is -2.40. The molecule has 0 amide bonds. The summed E-state index contributed by atoms with van der Waals surface area (Å²) in [5.74, 6) is -0.552. The fraction of sp³-hybridized carbons (Fsp3) is 0.167. The minimum Gasteiger partial charge on any atom is -0.481 e. The summed E-state index contributed by atoms with van der Waals surface area (Å²) in [5, 5.41) is 12.9. The summed E-state index contributed by atoms with van der Waals surface area (Å²) in [5.41, 5.74) is 1.59. The maximum atomic E-state index is 13.9. The van der Waals surface area contributed by atoms with Crippen molar-refractivity contribution in [3.8, 4) is 5.75 Å². The zero-order chi connectivity index (χ0) is 30.8. The summed E-state index contributed by atoms with van der Waals surface area (Å²) in [6.07, 6.45) is 1.54. The Balaban J connectivity index is 1.60. The van der Waals surface area contributed by atoms with Crippen LogP contribution in [0.15, 0.2) is 86.2 Å². The summed E-state index contributed by atoms with van der Waals surface area (Å²) in [7, 11) is 0. The molecule has 0 aliphatic carbocycles. The summed E-state index contributed by atoms with van der Waals surface area (Å²) in [6.45, 7) is 3.59. The van der Waals surface area contributed by atoms with Gasteiger partial charge < -0.3 is 9.47 Å². The molecule has 0 saturated heterocycles. The topological polar surface area (TPSA) is 113 Å². The molecule has 1 atom stereocenters. The van der Waals surface area contributed by atoms with Crippen LogP contribution in [0.4, 0.5) is 5.69 Å². The second-order valence-electron chi connectivity index (χ2n) is 9.35. The van der Waals surface area contributed by atoms with Gasteiger partial charge in [0.1, 0.15) is 12.6 Å². The third-order valence-electron chi connectivity index (χ3n) is 6.55. The largest absolute Gasteiger partial charge is 0.481 e. The molecular weight excluding hydrogens is 681 g/mol. The molecule has 0 spiro atoms. The number of halogens is 3. The Labute approximate surface area is 267 Å². The van der Waals surface area contributed by atoms with Crippen molar-refractivity contribution in [1.29, 1.82) is 0 Å². The first-order valence-corrected chi connectivity index (χ1v) is 15.2. The van der Waals surface area contributed by atoms with Gasteiger partial charge in [0.05, 0.1) is 31.8 Å². The smallest absolute Gasteiger partial charge is 0.338 e. The molecule has 0 N–H and O–H groups in total. The number of nitrogens with zero attached hydrogens (tertiary/aromatic N) is 3. The van der Waals surface area contributed by atoms with Crippen LogP contribution in [0, 0.1) is 10.1 Å². The highest BCUT2D eigenvalue weighted by Gasteiger charge is 2.34. The van der Waals surface area contributed by atoms with E-state index in [4.69, 9.17) is 32.7 Å². The first-order chi connectivity index (χ1) is 20.6. The van der Waals surface area contributed by atoms with E-state index in [1.165, 1.54) is 16.7 Å². The Morgan fingerprint density at radius 3 is 2.58 bits per heavy atom. The van der Waals surface area contributed by atoms with Crippen LogP contribution in [0.5, 0.6) is 5.75 Å². The first-order valence-electron chi connectivity index (χ1n) is 12.9. The van der Waals surface area contributed by atoms with E-state index >= 15 is 0 Å². The quantitative estimate of drug-likeness (QED) is 0.120. The first kappa shape index (κ1) is 30.7. The summed E-state index contributed by atoms with van der Waals surface area (Å²) < 4.78 is 13.1. The molecule has 0 fully saturated rings. The van der Waals surface area contributed by atoms with Crippen molar-refractivity contribution < 1.29 is 19.2 Å². The number of nitro groups is 1. The molecule has 9 nitrogen and oxygen atoms in total. The Morgan fingerprint density at radius 1 is 1.19 bits per heavy atom. The fourth-order valence-electron chi connectivity index (χ4n) is 4.63. The number of hydrogen-bond donors (Lipinski definition) is 0. The highest BCUT2D eigenvalue weighted by Crippen LogP contribution is 2.38. The molecule has 13 heteroatoms. The van der Waals surface area contributed by atoms with E-state index < -0.39 is 22.5 Å². The fourth-order valence-corrected chi connectivity index (χ4v) is 6.62. The van der Waals surface area contributed by atoms with E-state index in [1.807, 2.05) is 0 Å². The monoisotopic (exact) mass is 701 g/mol. The summed E-state index contributed by atoms with van der Waals surface area (Å²) >= 11 is 17.0. The average molecular weight is 703 g/mol. The number of hydrogen-bond acceptors (Lipinski definition) is 8. The highest BCUT2D eigenvalue weighted by atomic mass is 79.9. The van der Waals surface area contributed by atoms with E-state index in [0.29, 0.717) is 36.1 Å². The number of nitro benzene ring substituents is 1. The van der Waals surface area contributed by atoms with E-state index in [9.17, 15) is 19.7 Å². The predicted octanol–water partition coefficient (Wildman–Crippen LogP) is 6.35. The lowest BCUT2D eigenvalue weighted by Gasteiger charge is -2.25. The minimum atomic E-state index is -0.879. The van der Waals surface area contributed by atoms with Gasteiger partial charge in [0.2, 0.25) is 5.75 Å². The van der Waals surface area contributed by atoms with Gasteiger partial charge in [-0.3, -0.25) is 19.5 Å². The van der Waals surface area contributed by atoms with Gasteiger partial charge in [-0.1, -0.05) is 64.9 Å². The van der Waals surface area contributed by atoms with E-state index in [-0.39, 0.29) is 34.8 Å². The second-order valence-corrected chi connectivity index (χ2v) is 12.1. The maximum absolute atomic E-state index is 13.9. The van der Waals surface area contributed by atoms with Crippen molar-refractivity contribution in [3.05, 3.63) is 133 Å². The predicted molar refractivity (Wildman–Crippen MR) is 168 cm³/mol. The third kappa shape index (κ3) is 6.30. The van der Waals surface area contributed by atoms with Crippen LogP contribution < -0.4 is 19.6 Å². The van der Waals surface area contributed by atoms with Crippen LogP contribution in [-0.2, 0) is 16.1 Å². The van der Waals surface area contributed by atoms with Crippen molar-refractivity contribution in [2.24, 2.45) is 4.99 Å². The zero-order valence-corrected chi connectivity index (χ0v) is 26.6. The number of rotatable bonds is 8. The van der Waals surface area contributed by atoms with Crippen LogP contribution in [0.2, 0.25) is 10.0 Å². The summed E-state index contributed by atoms with van der Waals surface area (Å²) in [6, 6.07) is 16.0. The molecule has 0 radical (unpaired) electrons. The number of aromatic nitrogens is 1. The Bertz CT molecular complexity index is 1970. The molecular formula is C30H22BrCl2N3O6S. The molecule has 0 unspecified atom stereocenters. The minimum absolute atomic E-state index is 0.0481. The van der Waals surface area contributed by atoms with Gasteiger partial charge in [0.25, 0.3) is 5.56 Å². The third-order valence-corrected chi connectivity index (χ3v) is 8.72. The highest BCUT2D eigenvalue weighted by molar-refractivity contribution is 9.10. The Morgan fingerprint density at radius 2 is 1.91 bits per heavy atom. The van der Waals surface area contributed by atoms with Crippen molar-refractivity contribution in [2.75, 3.05) is 6.61 Å². The lowest BCUT2D eigenvalue weighted by molar-refractivity contribution is -0.386. The van der Waals surface area contributed by atoms with Crippen molar-refractivity contribution in [1.82, 2.24) is 4.57 Å².